The minimum absolute atomic E-state index is 0.0789. The van der Waals surface area contributed by atoms with E-state index in [0.29, 0.717) is 5.56 Å². The van der Waals surface area contributed by atoms with Crippen LogP contribution in [0.2, 0.25) is 0 Å². The fourth-order valence-corrected chi connectivity index (χ4v) is 2.21. The third-order valence-corrected chi connectivity index (χ3v) is 3.51. The van der Waals surface area contributed by atoms with Gasteiger partial charge < -0.3 is 26.0 Å². The number of nitrogens with two attached hydrogens (primary N) is 1. The lowest BCUT2D eigenvalue weighted by molar-refractivity contribution is -0.149. The van der Waals surface area contributed by atoms with Crippen LogP contribution in [0.5, 0.6) is 11.5 Å². The summed E-state index contributed by atoms with van der Waals surface area (Å²) in [5.41, 5.74) is 6.66. The number of carbonyl (C=O) groups excluding carboxylic acids is 2. The molecule has 0 aromatic heterocycles. The first-order chi connectivity index (χ1) is 12.0. The highest BCUT2D eigenvalue weighted by Crippen LogP contribution is 2.25. The Morgan fingerprint density at radius 3 is 2.40 bits per heavy atom. The number of benzene rings is 2. The number of rotatable bonds is 7. The van der Waals surface area contributed by atoms with Gasteiger partial charge in [-0.2, -0.15) is 0 Å². The van der Waals surface area contributed by atoms with Gasteiger partial charge in [-0.05, 0) is 23.3 Å². The first-order valence-electron chi connectivity index (χ1n) is 7.70. The summed E-state index contributed by atoms with van der Waals surface area (Å²) < 4.78 is 5.26. The van der Waals surface area contributed by atoms with Crippen molar-refractivity contribution < 1.29 is 24.5 Å². The zero-order valence-corrected chi connectivity index (χ0v) is 13.5. The molecule has 0 saturated carbocycles. The number of ether oxygens (including phenoxy) is 1. The van der Waals surface area contributed by atoms with Gasteiger partial charge in [-0.15, -0.1) is 0 Å². The molecule has 0 radical (unpaired) electrons. The summed E-state index contributed by atoms with van der Waals surface area (Å²) >= 11 is 0. The maximum absolute atomic E-state index is 12.3. The third-order valence-electron chi connectivity index (χ3n) is 3.51. The van der Waals surface area contributed by atoms with Gasteiger partial charge in [0.2, 0.25) is 5.91 Å². The van der Waals surface area contributed by atoms with E-state index in [9.17, 15) is 19.8 Å². The maximum Gasteiger partial charge on any atom is 0.329 e. The number of hydrogen-bond donors (Lipinski definition) is 4. The fourth-order valence-electron chi connectivity index (χ4n) is 2.21. The number of phenols is 2. The summed E-state index contributed by atoms with van der Waals surface area (Å²) in [5, 5.41) is 21.4. The Hall–Kier alpha value is -3.06. The van der Waals surface area contributed by atoms with Crippen LogP contribution in [0.25, 0.3) is 0 Å². The second-order valence-electron chi connectivity index (χ2n) is 5.44. The smallest absolute Gasteiger partial charge is 0.329 e. The Morgan fingerprint density at radius 2 is 1.76 bits per heavy atom. The lowest BCUT2D eigenvalue weighted by Gasteiger charge is -2.18. The highest BCUT2D eigenvalue weighted by Gasteiger charge is 2.23. The van der Waals surface area contributed by atoms with Gasteiger partial charge in [-0.3, -0.25) is 4.79 Å². The molecule has 0 spiro atoms. The summed E-state index contributed by atoms with van der Waals surface area (Å²) in [4.78, 5) is 23.9. The summed E-state index contributed by atoms with van der Waals surface area (Å²) in [6.45, 7) is -0.182. The number of hydrogen-bond acceptors (Lipinski definition) is 6. The fraction of sp³-hybridized carbons (Fsp3) is 0.222. The van der Waals surface area contributed by atoms with E-state index in [0.717, 1.165) is 5.56 Å². The molecule has 0 fully saturated rings. The van der Waals surface area contributed by atoms with E-state index in [-0.39, 0.29) is 31.1 Å². The molecule has 2 aromatic rings. The van der Waals surface area contributed by atoms with Crippen LogP contribution in [0.15, 0.2) is 48.5 Å². The van der Waals surface area contributed by atoms with Gasteiger partial charge in [0.15, 0.2) is 11.5 Å². The molecule has 0 saturated heterocycles. The molecule has 2 rings (SSSR count). The van der Waals surface area contributed by atoms with Gasteiger partial charge in [0.25, 0.3) is 0 Å². The van der Waals surface area contributed by atoms with E-state index < -0.39 is 17.9 Å². The highest BCUT2D eigenvalue weighted by atomic mass is 16.5. The molecule has 25 heavy (non-hydrogen) atoms. The summed E-state index contributed by atoms with van der Waals surface area (Å²) in [6, 6.07) is 12.4. The van der Waals surface area contributed by atoms with E-state index in [4.69, 9.17) is 10.5 Å². The predicted octanol–water partition coefficient (Wildman–Crippen LogP) is 0.827. The van der Waals surface area contributed by atoms with E-state index in [2.05, 4.69) is 5.32 Å². The van der Waals surface area contributed by atoms with E-state index in [1.807, 2.05) is 30.3 Å². The number of carbonyl (C=O) groups is 2. The highest BCUT2D eigenvalue weighted by molar-refractivity contribution is 5.85. The van der Waals surface area contributed by atoms with Gasteiger partial charge in [0.05, 0.1) is 6.54 Å². The molecule has 0 heterocycles. The van der Waals surface area contributed by atoms with Crippen molar-refractivity contribution in [3.63, 3.8) is 0 Å². The molecule has 0 bridgehead atoms. The Balaban J connectivity index is 2.06. The normalized spacial score (nSPS) is 11.6. The van der Waals surface area contributed by atoms with Gasteiger partial charge in [-0.25, -0.2) is 4.79 Å². The van der Waals surface area contributed by atoms with Crippen molar-refractivity contribution in [2.45, 2.75) is 19.1 Å². The SMILES string of the molecule is NCC(=O)N[C@@H](Cc1ccc(O)c(O)c1)C(=O)OCc1ccccc1. The van der Waals surface area contributed by atoms with E-state index >= 15 is 0 Å². The average Bonchev–Trinajstić information content (AvgIpc) is 2.62. The van der Waals surface area contributed by atoms with Gasteiger partial charge >= 0.3 is 5.97 Å². The number of aromatic hydroxyl groups is 2. The van der Waals surface area contributed by atoms with Crippen molar-refractivity contribution in [2.24, 2.45) is 5.73 Å². The number of esters is 1. The first-order valence-corrected chi connectivity index (χ1v) is 7.70. The molecule has 1 atom stereocenters. The lowest BCUT2D eigenvalue weighted by atomic mass is 10.1. The Bertz CT molecular complexity index is 734. The van der Waals surface area contributed by atoms with Crippen molar-refractivity contribution in [2.75, 3.05) is 6.54 Å². The molecule has 1 amide bonds. The average molecular weight is 344 g/mol. The molecule has 0 unspecified atom stereocenters. The van der Waals surface area contributed by atoms with Crippen LogP contribution >= 0.6 is 0 Å². The predicted molar refractivity (Wildman–Crippen MR) is 90.7 cm³/mol. The first kappa shape index (κ1) is 18.3. The minimum Gasteiger partial charge on any atom is -0.504 e. The van der Waals surface area contributed by atoms with Crippen LogP contribution in [0.1, 0.15) is 11.1 Å². The van der Waals surface area contributed by atoms with Gasteiger partial charge in [-0.1, -0.05) is 36.4 Å². The number of phenolic OH excluding ortho intramolecular Hbond substituents is 2. The zero-order valence-electron chi connectivity index (χ0n) is 13.5. The van der Waals surface area contributed by atoms with Crippen molar-refractivity contribution in [1.29, 1.82) is 0 Å². The van der Waals surface area contributed by atoms with Gasteiger partial charge in [0, 0.05) is 6.42 Å². The minimum atomic E-state index is -0.955. The van der Waals surface area contributed by atoms with Gasteiger partial charge in [0.1, 0.15) is 12.6 Å². The molecule has 2 aromatic carbocycles. The molecular weight excluding hydrogens is 324 g/mol. The molecule has 0 aliphatic rings. The zero-order chi connectivity index (χ0) is 18.2. The summed E-state index contributed by atoms with van der Waals surface area (Å²) in [6.07, 6.45) is 0.0905. The second kappa shape index (κ2) is 8.70. The lowest BCUT2D eigenvalue weighted by Crippen LogP contribution is -2.45. The monoisotopic (exact) mass is 344 g/mol. The number of amides is 1. The molecule has 132 valence electrons. The van der Waals surface area contributed by atoms with E-state index in [1.54, 1.807) is 6.07 Å². The molecular formula is C18H20N2O5. The molecule has 0 aliphatic heterocycles. The topological polar surface area (TPSA) is 122 Å². The second-order valence-corrected chi connectivity index (χ2v) is 5.44. The third kappa shape index (κ3) is 5.50. The quantitative estimate of drug-likeness (QED) is 0.436. The number of nitrogens with one attached hydrogen (secondary N) is 1. The Morgan fingerprint density at radius 1 is 1.04 bits per heavy atom. The van der Waals surface area contributed by atoms with Crippen LogP contribution in [0.3, 0.4) is 0 Å². The molecule has 7 nitrogen and oxygen atoms in total. The Kier molecular flexibility index (Phi) is 6.36. The van der Waals surface area contributed by atoms with Crippen molar-refractivity contribution in [3.8, 4) is 11.5 Å². The molecule has 0 aliphatic carbocycles. The van der Waals surface area contributed by atoms with Crippen molar-refractivity contribution in [3.05, 3.63) is 59.7 Å². The molecule has 5 N–H and O–H groups in total. The van der Waals surface area contributed by atoms with Crippen LogP contribution < -0.4 is 11.1 Å². The standard InChI is InChI=1S/C18H20N2O5/c19-10-17(23)20-14(8-13-6-7-15(21)16(22)9-13)18(24)25-11-12-4-2-1-3-5-12/h1-7,9,14,21-22H,8,10-11,19H2,(H,20,23)/t14-/m0/s1. The van der Waals surface area contributed by atoms with Crippen molar-refractivity contribution in [1.82, 2.24) is 5.32 Å². The summed E-state index contributed by atoms with van der Waals surface area (Å²) in [7, 11) is 0. The van der Waals surface area contributed by atoms with Crippen LogP contribution in [-0.4, -0.2) is 34.7 Å². The van der Waals surface area contributed by atoms with E-state index in [1.165, 1.54) is 12.1 Å². The largest absolute Gasteiger partial charge is 0.504 e. The van der Waals surface area contributed by atoms with Crippen LogP contribution in [0, 0.1) is 0 Å². The molecule has 7 heteroatoms. The van der Waals surface area contributed by atoms with Crippen LogP contribution in [0.4, 0.5) is 0 Å². The van der Waals surface area contributed by atoms with Crippen molar-refractivity contribution >= 4 is 11.9 Å². The summed E-state index contributed by atoms with van der Waals surface area (Å²) in [5.74, 6) is -1.68. The van der Waals surface area contributed by atoms with Crippen LogP contribution in [-0.2, 0) is 27.4 Å². The Labute approximate surface area is 145 Å². The maximum atomic E-state index is 12.3.